The lowest BCUT2D eigenvalue weighted by molar-refractivity contribution is -0.137. The van der Waals surface area contributed by atoms with Gasteiger partial charge >= 0.3 is 6.18 Å². The van der Waals surface area contributed by atoms with Crippen molar-refractivity contribution in [1.82, 2.24) is 4.57 Å². The van der Waals surface area contributed by atoms with Crippen LogP contribution < -0.4 is 4.74 Å². The molecule has 1 aromatic heterocycles. The summed E-state index contributed by atoms with van der Waals surface area (Å²) in [7, 11) is 0. The summed E-state index contributed by atoms with van der Waals surface area (Å²) in [6.45, 7) is 2.00. The van der Waals surface area contributed by atoms with Gasteiger partial charge < -0.3 is 19.7 Å². The summed E-state index contributed by atoms with van der Waals surface area (Å²) in [5, 5.41) is 33.8. The minimum atomic E-state index is -4.42. The second-order valence-electron chi connectivity index (χ2n) is 9.97. The number of hydrogen-bond donors (Lipinski definition) is 2. The summed E-state index contributed by atoms with van der Waals surface area (Å²) in [5.41, 5.74) is -0.476. The maximum absolute atomic E-state index is 12.9. The van der Waals surface area contributed by atoms with Crippen LogP contribution in [0.15, 0.2) is 60.7 Å². The molecule has 1 fully saturated rings. The molecular formula is C29H23F3N2O4. The molecule has 0 radical (unpaired) electrons. The van der Waals surface area contributed by atoms with E-state index in [1.807, 2.05) is 31.2 Å². The van der Waals surface area contributed by atoms with Gasteiger partial charge in [0.15, 0.2) is 0 Å². The van der Waals surface area contributed by atoms with Gasteiger partial charge in [0.2, 0.25) is 11.8 Å². The highest BCUT2D eigenvalue weighted by atomic mass is 19.4. The van der Waals surface area contributed by atoms with Gasteiger partial charge in [-0.3, -0.25) is 4.57 Å². The zero-order valence-corrected chi connectivity index (χ0v) is 20.3. The molecule has 3 heterocycles. The molecule has 38 heavy (non-hydrogen) atoms. The number of benzene rings is 3. The fraction of sp³-hybridized carbons (Fsp3) is 0.276. The summed E-state index contributed by atoms with van der Waals surface area (Å²) in [4.78, 5) is 0. The van der Waals surface area contributed by atoms with Crippen molar-refractivity contribution in [3.05, 3.63) is 82.9 Å². The maximum Gasteiger partial charge on any atom is 0.416 e. The summed E-state index contributed by atoms with van der Waals surface area (Å²) in [5.74, 6) is 0.0208. The van der Waals surface area contributed by atoms with E-state index in [0.717, 1.165) is 12.1 Å². The molecule has 0 amide bonds. The van der Waals surface area contributed by atoms with Crippen molar-refractivity contribution in [2.45, 2.75) is 43.6 Å². The Morgan fingerprint density at radius 3 is 2.34 bits per heavy atom. The largest absolute Gasteiger partial charge is 0.494 e. The van der Waals surface area contributed by atoms with Gasteiger partial charge in [-0.15, -0.1) is 0 Å². The Balaban J connectivity index is 1.36. The number of ether oxygens (including phenoxy) is 2. The average molecular weight is 521 g/mol. The molecule has 4 aromatic rings. The molecule has 2 bridgehead atoms. The SMILES string of the molecule is C[C@]12CC[C@](CCOc3ccc(C(F)(F)F)cc3)(O1)c1c2c(O)n(-c2ccc(C#N)c3ccccc23)c1O. The first-order valence-electron chi connectivity index (χ1n) is 12.2. The topological polar surface area (TPSA) is 87.6 Å². The van der Waals surface area contributed by atoms with Gasteiger partial charge in [-0.1, -0.05) is 24.3 Å². The number of rotatable bonds is 5. The third-order valence-corrected chi connectivity index (χ3v) is 7.75. The molecule has 6 nitrogen and oxygen atoms in total. The minimum absolute atomic E-state index is 0.125. The molecular weight excluding hydrogens is 497 g/mol. The maximum atomic E-state index is 12.9. The second-order valence-corrected chi connectivity index (χ2v) is 9.97. The average Bonchev–Trinajstić information content (AvgIpc) is 3.47. The van der Waals surface area contributed by atoms with Crippen molar-refractivity contribution in [3.63, 3.8) is 0 Å². The van der Waals surface area contributed by atoms with Crippen molar-refractivity contribution in [2.24, 2.45) is 0 Å². The fourth-order valence-corrected chi connectivity index (χ4v) is 5.98. The van der Waals surface area contributed by atoms with Crippen LogP contribution in [0.1, 0.15) is 48.4 Å². The van der Waals surface area contributed by atoms with E-state index in [1.165, 1.54) is 16.7 Å². The number of alkyl halides is 3. The van der Waals surface area contributed by atoms with Crippen LogP contribution in [-0.4, -0.2) is 21.4 Å². The molecule has 1 saturated heterocycles. The number of fused-ring (bicyclic) bond motifs is 6. The van der Waals surface area contributed by atoms with Crippen LogP contribution >= 0.6 is 0 Å². The number of aromatic nitrogens is 1. The molecule has 9 heteroatoms. The van der Waals surface area contributed by atoms with Gasteiger partial charge in [0.1, 0.15) is 11.4 Å². The summed E-state index contributed by atoms with van der Waals surface area (Å²) < 4.78 is 52.1. The molecule has 194 valence electrons. The van der Waals surface area contributed by atoms with Crippen LogP contribution in [-0.2, 0) is 22.1 Å². The first-order valence-corrected chi connectivity index (χ1v) is 12.2. The Bertz CT molecular complexity index is 1620. The van der Waals surface area contributed by atoms with Gasteiger partial charge in [0, 0.05) is 17.2 Å². The van der Waals surface area contributed by atoms with Crippen LogP contribution in [0.4, 0.5) is 13.2 Å². The van der Waals surface area contributed by atoms with E-state index in [0.29, 0.717) is 58.2 Å². The van der Waals surface area contributed by atoms with Gasteiger partial charge in [0.05, 0.1) is 46.2 Å². The van der Waals surface area contributed by atoms with Crippen LogP contribution in [0, 0.1) is 11.3 Å². The van der Waals surface area contributed by atoms with Gasteiger partial charge in [-0.25, -0.2) is 0 Å². The number of nitrogens with zero attached hydrogens (tertiary/aromatic N) is 2. The number of hydrogen-bond acceptors (Lipinski definition) is 5. The molecule has 2 atom stereocenters. The normalized spacial score (nSPS) is 22.0. The molecule has 3 aromatic carbocycles. The summed E-state index contributed by atoms with van der Waals surface area (Å²) >= 11 is 0. The Hall–Kier alpha value is -4.16. The van der Waals surface area contributed by atoms with Gasteiger partial charge in [0.25, 0.3) is 0 Å². The monoisotopic (exact) mass is 520 g/mol. The van der Waals surface area contributed by atoms with Crippen LogP contribution in [0.2, 0.25) is 0 Å². The van der Waals surface area contributed by atoms with Crippen molar-refractivity contribution in [3.8, 4) is 29.3 Å². The van der Waals surface area contributed by atoms with Gasteiger partial charge in [-0.05, 0) is 56.2 Å². The van der Waals surface area contributed by atoms with Crippen LogP contribution in [0.5, 0.6) is 17.5 Å². The molecule has 0 unspecified atom stereocenters. The Labute approximate surface area is 216 Å². The number of nitriles is 1. The predicted octanol–water partition coefficient (Wildman–Crippen LogP) is 6.64. The van der Waals surface area contributed by atoms with Crippen LogP contribution in [0.25, 0.3) is 16.5 Å². The Morgan fingerprint density at radius 1 is 0.974 bits per heavy atom. The first kappa shape index (κ1) is 24.2. The molecule has 0 saturated carbocycles. The van der Waals surface area contributed by atoms with Crippen molar-refractivity contribution in [2.75, 3.05) is 6.61 Å². The summed E-state index contributed by atoms with van der Waals surface area (Å²) in [6, 6.07) is 17.3. The first-order chi connectivity index (χ1) is 18.1. The Morgan fingerprint density at radius 2 is 1.66 bits per heavy atom. The highest BCUT2D eigenvalue weighted by molar-refractivity contribution is 5.95. The third kappa shape index (κ3) is 3.44. The standard InChI is InChI=1S/C29H23F3N2O4/c1-27-12-13-28(38-27,14-15-37-19-9-7-18(8-10-19)29(30,31)32)24-23(27)25(35)34(26(24)36)22-11-6-17(16-33)20-4-2-3-5-21(20)22/h2-11,35-36H,12-15H2,1H3/t27-,28-/m1/s1. The Kier molecular flexibility index (Phi) is 5.20. The number of halogens is 3. The van der Waals surface area contributed by atoms with E-state index < -0.39 is 22.9 Å². The zero-order chi connectivity index (χ0) is 26.9. The van der Waals surface area contributed by atoms with E-state index in [1.54, 1.807) is 12.1 Å². The predicted molar refractivity (Wildman–Crippen MR) is 132 cm³/mol. The zero-order valence-electron chi connectivity index (χ0n) is 20.3. The lowest BCUT2D eigenvalue weighted by Gasteiger charge is -2.26. The molecule has 6 rings (SSSR count). The highest BCUT2D eigenvalue weighted by Crippen LogP contribution is 2.65. The van der Waals surface area contributed by atoms with Crippen molar-refractivity contribution in [1.29, 1.82) is 5.26 Å². The summed E-state index contributed by atoms with van der Waals surface area (Å²) in [6.07, 6.45) is -2.90. The third-order valence-electron chi connectivity index (χ3n) is 7.75. The van der Waals surface area contributed by atoms with Crippen LogP contribution in [0.3, 0.4) is 0 Å². The smallest absolute Gasteiger partial charge is 0.416 e. The molecule has 0 spiro atoms. The quantitative estimate of drug-likeness (QED) is 0.308. The second kappa shape index (κ2) is 8.17. The molecule has 0 aliphatic carbocycles. The molecule has 2 aliphatic rings. The molecule has 2 N–H and O–H groups in total. The van der Waals surface area contributed by atoms with Crippen molar-refractivity contribution < 1.29 is 32.9 Å². The van der Waals surface area contributed by atoms with E-state index in [9.17, 15) is 28.6 Å². The van der Waals surface area contributed by atoms with Crippen molar-refractivity contribution >= 4 is 10.8 Å². The lowest BCUT2D eigenvalue weighted by atomic mass is 9.78. The van der Waals surface area contributed by atoms with E-state index >= 15 is 0 Å². The lowest BCUT2D eigenvalue weighted by Crippen LogP contribution is -2.25. The van der Waals surface area contributed by atoms with E-state index in [-0.39, 0.29) is 18.4 Å². The van der Waals surface area contributed by atoms with E-state index in [4.69, 9.17) is 9.47 Å². The highest BCUT2D eigenvalue weighted by Gasteiger charge is 2.61. The fourth-order valence-electron chi connectivity index (χ4n) is 5.98. The molecule has 2 aliphatic heterocycles. The van der Waals surface area contributed by atoms with Gasteiger partial charge in [-0.2, -0.15) is 18.4 Å². The van der Waals surface area contributed by atoms with E-state index in [2.05, 4.69) is 6.07 Å². The number of aromatic hydroxyl groups is 2. The minimum Gasteiger partial charge on any atom is -0.494 e.